The van der Waals surface area contributed by atoms with E-state index >= 15 is 0 Å². The van der Waals surface area contributed by atoms with Crippen molar-refractivity contribution < 1.29 is 24.5 Å². The Balaban J connectivity index is 1.24. The van der Waals surface area contributed by atoms with Crippen molar-refractivity contribution in [1.82, 2.24) is 4.90 Å². The number of carbonyl (C=O) groups is 2. The standard InChI is InChI=1S/C49H53NO5/c1-4-29-50(47(53)55-42-24-22-37-14-8-9-15-40(37)32-42)33-49(54)28-26-45-43-25-17-35(30-41(51)23-16-34(2)11-10-27-48(45,49)3)31-44(43)46(52)39-20-18-38(19-21-39)36-12-6-5-7-13-36/h5-9,11-15,17-22,24-25,31-32,41,45,51,54H,4,10,16,23,26-30,33H2,1-3H3/t41-,45-,48-,49+/m0/s1. The predicted molar refractivity (Wildman–Crippen MR) is 221 cm³/mol. The van der Waals surface area contributed by atoms with Crippen molar-refractivity contribution in [2.45, 2.75) is 89.8 Å². The quantitative estimate of drug-likeness (QED) is 0.122. The lowest BCUT2D eigenvalue weighted by Gasteiger charge is -2.46. The summed E-state index contributed by atoms with van der Waals surface area (Å²) in [5.74, 6) is 0.241. The van der Waals surface area contributed by atoms with Crippen LogP contribution in [-0.2, 0) is 6.42 Å². The van der Waals surface area contributed by atoms with E-state index in [1.165, 1.54) is 5.57 Å². The van der Waals surface area contributed by atoms with Crippen molar-refractivity contribution in [3.8, 4) is 16.9 Å². The molecule has 0 aromatic heterocycles. The minimum absolute atomic E-state index is 0.0712. The number of rotatable bonds is 8. The largest absolute Gasteiger partial charge is 0.415 e. The molecule has 2 N–H and O–H groups in total. The number of ether oxygens (including phenoxy) is 1. The first-order valence-corrected chi connectivity index (χ1v) is 19.9. The molecule has 0 saturated heterocycles. The van der Waals surface area contributed by atoms with Crippen LogP contribution in [0.3, 0.4) is 0 Å². The Bertz CT molecular complexity index is 2180. The third-order valence-corrected chi connectivity index (χ3v) is 12.3. The SMILES string of the molecule is CCCN(C[C@]1(O)CC[C@H]2c3ccc(cc3C(=O)c3ccc(-c4ccccc4)cc3)C[C@@H](O)CCC(C)=CCC[C@@]21C)C(=O)Oc1ccc2ccccc2c1. The second-order valence-electron chi connectivity index (χ2n) is 16.0. The molecule has 0 radical (unpaired) electrons. The summed E-state index contributed by atoms with van der Waals surface area (Å²) in [6, 6.07) is 37.6. The van der Waals surface area contributed by atoms with Gasteiger partial charge in [-0.05, 0) is 115 Å². The fourth-order valence-electron chi connectivity index (χ4n) is 9.01. The van der Waals surface area contributed by atoms with Crippen molar-refractivity contribution in [3.63, 3.8) is 0 Å². The highest BCUT2D eigenvalue weighted by Crippen LogP contribution is 2.59. The molecule has 6 heteroatoms. The van der Waals surface area contributed by atoms with Gasteiger partial charge in [-0.25, -0.2) is 4.79 Å². The van der Waals surface area contributed by atoms with E-state index in [0.29, 0.717) is 61.9 Å². The molecule has 5 aromatic rings. The number of ketones is 1. The van der Waals surface area contributed by atoms with E-state index in [4.69, 9.17) is 4.74 Å². The molecule has 3 aliphatic rings. The van der Waals surface area contributed by atoms with Crippen LogP contribution in [0.1, 0.15) is 98.7 Å². The minimum atomic E-state index is -1.25. The molecule has 0 aliphatic heterocycles. The van der Waals surface area contributed by atoms with Crippen molar-refractivity contribution in [2.24, 2.45) is 5.41 Å². The van der Waals surface area contributed by atoms with E-state index in [0.717, 1.165) is 45.9 Å². The van der Waals surface area contributed by atoms with Crippen LogP contribution in [0.25, 0.3) is 21.9 Å². The second kappa shape index (κ2) is 16.4. The molecule has 3 aliphatic carbocycles. The Morgan fingerprint density at radius 2 is 1.56 bits per heavy atom. The summed E-state index contributed by atoms with van der Waals surface area (Å²) in [7, 11) is 0. The van der Waals surface area contributed by atoms with Gasteiger partial charge in [0.2, 0.25) is 0 Å². The molecular weight excluding hydrogens is 683 g/mol. The van der Waals surface area contributed by atoms with Crippen LogP contribution in [-0.4, -0.2) is 51.8 Å². The number of benzene rings is 5. The van der Waals surface area contributed by atoms with Gasteiger partial charge in [-0.3, -0.25) is 4.79 Å². The van der Waals surface area contributed by atoms with Crippen LogP contribution < -0.4 is 4.74 Å². The van der Waals surface area contributed by atoms with Crippen LogP contribution >= 0.6 is 0 Å². The number of aliphatic hydroxyl groups is 2. The highest BCUT2D eigenvalue weighted by atomic mass is 16.6. The van der Waals surface area contributed by atoms with Crippen LogP contribution in [0.2, 0.25) is 0 Å². The Kier molecular flexibility index (Phi) is 11.4. The Morgan fingerprint density at radius 1 is 0.836 bits per heavy atom. The molecule has 0 unspecified atom stereocenters. The van der Waals surface area contributed by atoms with Gasteiger partial charge in [0.15, 0.2) is 5.78 Å². The number of nitrogens with zero attached hydrogens (tertiary/aromatic N) is 1. The normalized spacial score (nSPS) is 22.7. The van der Waals surface area contributed by atoms with Crippen LogP contribution in [0.15, 0.2) is 127 Å². The van der Waals surface area contributed by atoms with Gasteiger partial charge in [-0.15, -0.1) is 0 Å². The fraction of sp³-hybridized carbons (Fsp3) is 0.347. The Morgan fingerprint density at radius 3 is 2.33 bits per heavy atom. The molecule has 1 saturated carbocycles. The van der Waals surface area contributed by atoms with E-state index in [1.807, 2.05) is 104 Å². The zero-order valence-corrected chi connectivity index (χ0v) is 32.3. The monoisotopic (exact) mass is 735 g/mol. The number of carbonyl (C=O) groups excluding carboxylic acids is 2. The van der Waals surface area contributed by atoms with E-state index < -0.39 is 23.2 Å². The zero-order valence-electron chi connectivity index (χ0n) is 32.3. The lowest BCUT2D eigenvalue weighted by atomic mass is 9.64. The third-order valence-electron chi connectivity index (χ3n) is 12.3. The topological polar surface area (TPSA) is 87.1 Å². The molecule has 8 rings (SSSR count). The van der Waals surface area contributed by atoms with E-state index in [1.54, 1.807) is 4.90 Å². The highest BCUT2D eigenvalue weighted by Gasteiger charge is 2.57. The second-order valence-corrected chi connectivity index (χ2v) is 16.0. The third kappa shape index (κ3) is 8.17. The van der Waals surface area contributed by atoms with Gasteiger partial charge in [0.1, 0.15) is 5.75 Å². The van der Waals surface area contributed by atoms with Crippen LogP contribution in [0.4, 0.5) is 4.79 Å². The Labute approximate surface area is 325 Å². The van der Waals surface area contributed by atoms with Crippen molar-refractivity contribution in [3.05, 3.63) is 149 Å². The minimum Gasteiger partial charge on any atom is -0.410 e. The van der Waals surface area contributed by atoms with Gasteiger partial charge in [-0.1, -0.05) is 123 Å². The molecule has 1 fully saturated rings. The maximum absolute atomic E-state index is 14.6. The zero-order chi connectivity index (χ0) is 38.6. The average Bonchev–Trinajstić information content (AvgIpc) is 3.45. The van der Waals surface area contributed by atoms with Gasteiger partial charge in [0.05, 0.1) is 18.2 Å². The molecule has 2 bridgehead atoms. The average molecular weight is 736 g/mol. The van der Waals surface area contributed by atoms with Gasteiger partial charge in [0.25, 0.3) is 0 Å². The van der Waals surface area contributed by atoms with Crippen molar-refractivity contribution in [2.75, 3.05) is 13.1 Å². The van der Waals surface area contributed by atoms with Crippen molar-refractivity contribution in [1.29, 1.82) is 0 Å². The maximum atomic E-state index is 14.6. The number of hydrogen-bond donors (Lipinski definition) is 2. The summed E-state index contributed by atoms with van der Waals surface area (Å²) in [5, 5.41) is 26.0. The molecule has 4 atom stereocenters. The molecule has 1 amide bonds. The molecule has 0 heterocycles. The van der Waals surface area contributed by atoms with Crippen LogP contribution in [0.5, 0.6) is 5.75 Å². The number of amides is 1. The maximum Gasteiger partial charge on any atom is 0.415 e. The molecule has 5 aromatic carbocycles. The first-order chi connectivity index (χ1) is 26.6. The predicted octanol–water partition coefficient (Wildman–Crippen LogP) is 10.7. The molecule has 55 heavy (non-hydrogen) atoms. The summed E-state index contributed by atoms with van der Waals surface area (Å²) in [6.07, 6.45) is 6.32. The first kappa shape index (κ1) is 38.2. The van der Waals surface area contributed by atoms with E-state index in [2.05, 4.69) is 38.1 Å². The highest BCUT2D eigenvalue weighted by molar-refractivity contribution is 6.10. The first-order valence-electron chi connectivity index (χ1n) is 19.9. The summed E-state index contributed by atoms with van der Waals surface area (Å²) < 4.78 is 5.98. The molecule has 284 valence electrons. The number of hydrogen-bond acceptors (Lipinski definition) is 5. The van der Waals surface area contributed by atoms with Gasteiger partial charge >= 0.3 is 6.09 Å². The summed E-state index contributed by atoms with van der Waals surface area (Å²) in [5.41, 5.74) is 4.44. The van der Waals surface area contributed by atoms with Gasteiger partial charge < -0.3 is 19.8 Å². The fourth-order valence-corrected chi connectivity index (χ4v) is 9.01. The molecule has 6 nitrogen and oxygen atoms in total. The smallest absolute Gasteiger partial charge is 0.410 e. The van der Waals surface area contributed by atoms with Crippen molar-refractivity contribution >= 4 is 22.6 Å². The summed E-state index contributed by atoms with van der Waals surface area (Å²) >= 11 is 0. The van der Waals surface area contributed by atoms with E-state index in [9.17, 15) is 19.8 Å². The number of aliphatic hydroxyl groups excluding tert-OH is 1. The number of fused-ring (bicyclic) bond motifs is 9. The molecule has 0 spiro atoms. The summed E-state index contributed by atoms with van der Waals surface area (Å²) in [6.45, 7) is 6.85. The molecular formula is C49H53NO5. The van der Waals surface area contributed by atoms with Gasteiger partial charge in [-0.2, -0.15) is 0 Å². The van der Waals surface area contributed by atoms with E-state index in [-0.39, 0.29) is 18.2 Å². The summed E-state index contributed by atoms with van der Waals surface area (Å²) in [4.78, 5) is 30.2. The van der Waals surface area contributed by atoms with Gasteiger partial charge in [0, 0.05) is 23.1 Å². The lowest BCUT2D eigenvalue weighted by molar-refractivity contribution is -0.0790. The lowest BCUT2D eigenvalue weighted by Crippen LogP contribution is -2.54. The Hall–Kier alpha value is -5.04. The van der Waals surface area contributed by atoms with Crippen LogP contribution in [0, 0.1) is 5.41 Å². The number of allylic oxidation sites excluding steroid dienone is 2.